The van der Waals surface area contributed by atoms with E-state index in [1.807, 2.05) is 11.1 Å². The number of hydrogen-bond donors (Lipinski definition) is 0. The first kappa shape index (κ1) is 15.9. The van der Waals surface area contributed by atoms with Gasteiger partial charge >= 0.3 is 6.03 Å². The van der Waals surface area contributed by atoms with Gasteiger partial charge in [0.15, 0.2) is 0 Å². The van der Waals surface area contributed by atoms with Crippen LogP contribution in [-0.2, 0) is 0 Å². The molecule has 0 spiro atoms. The van der Waals surface area contributed by atoms with Crippen LogP contribution in [0.1, 0.15) is 49.8 Å². The largest absolute Gasteiger partial charge is 0.324 e. The average Bonchev–Trinajstić information content (AvgIpc) is 3.13. The number of likely N-dealkylation sites (N-methyl/N-ethyl adjacent to an activating group) is 1. The number of amides is 2. The Balaban J connectivity index is 1.33. The van der Waals surface area contributed by atoms with Gasteiger partial charge in [-0.1, -0.05) is 0 Å². The van der Waals surface area contributed by atoms with Gasteiger partial charge in [-0.15, -0.1) is 0 Å². The van der Waals surface area contributed by atoms with Crippen LogP contribution in [0.15, 0.2) is 12.3 Å². The van der Waals surface area contributed by atoms with Gasteiger partial charge in [-0.25, -0.2) is 4.79 Å². The van der Waals surface area contributed by atoms with Crippen LogP contribution >= 0.6 is 0 Å². The maximum atomic E-state index is 12.8. The molecule has 0 radical (unpaired) electrons. The van der Waals surface area contributed by atoms with Crippen LogP contribution in [0.5, 0.6) is 0 Å². The molecule has 0 N–H and O–H groups in total. The predicted molar refractivity (Wildman–Crippen MR) is 93.1 cm³/mol. The number of rotatable bonds is 3. The fourth-order valence-corrected chi connectivity index (χ4v) is 4.17. The molecule has 132 valence electrons. The molecule has 3 aliphatic rings. The standard InChI is InChI=1S/C18H29N5O/c1-20(2)16-8-12-22(13-16)18(24)21-10-6-15(7-11-21)23-17(5-9-19-23)14-3-4-14/h5,9,14-16H,3-4,6-8,10-13H2,1-2H3. The quantitative estimate of drug-likeness (QED) is 0.852. The Labute approximate surface area is 144 Å². The van der Waals surface area contributed by atoms with Gasteiger partial charge in [0.1, 0.15) is 0 Å². The molecule has 24 heavy (non-hydrogen) atoms. The van der Waals surface area contributed by atoms with Gasteiger partial charge in [0.2, 0.25) is 0 Å². The van der Waals surface area contributed by atoms with Crippen molar-refractivity contribution in [3.8, 4) is 0 Å². The SMILES string of the molecule is CN(C)C1CCN(C(=O)N2CCC(n3nccc3C3CC3)CC2)C1. The van der Waals surface area contributed by atoms with Crippen LogP contribution < -0.4 is 0 Å². The van der Waals surface area contributed by atoms with Crippen LogP contribution in [0.2, 0.25) is 0 Å². The Kier molecular flexibility index (Phi) is 4.24. The molecule has 1 aromatic heterocycles. The van der Waals surface area contributed by atoms with Crippen molar-refractivity contribution >= 4 is 6.03 Å². The van der Waals surface area contributed by atoms with Crippen LogP contribution in [0.4, 0.5) is 4.79 Å². The molecule has 1 aromatic rings. The van der Waals surface area contributed by atoms with Crippen molar-refractivity contribution in [1.82, 2.24) is 24.5 Å². The van der Waals surface area contributed by atoms with Crippen molar-refractivity contribution in [3.63, 3.8) is 0 Å². The number of aromatic nitrogens is 2. The summed E-state index contributed by atoms with van der Waals surface area (Å²) in [5.41, 5.74) is 1.41. The maximum absolute atomic E-state index is 12.8. The number of nitrogens with zero attached hydrogens (tertiary/aromatic N) is 5. The monoisotopic (exact) mass is 331 g/mol. The average molecular weight is 331 g/mol. The van der Waals surface area contributed by atoms with Crippen molar-refractivity contribution < 1.29 is 4.79 Å². The van der Waals surface area contributed by atoms with E-state index in [9.17, 15) is 4.79 Å². The highest BCUT2D eigenvalue weighted by atomic mass is 16.2. The van der Waals surface area contributed by atoms with E-state index < -0.39 is 0 Å². The molecule has 1 atom stereocenters. The molecule has 3 fully saturated rings. The molecule has 2 amide bonds. The van der Waals surface area contributed by atoms with E-state index in [1.165, 1.54) is 18.5 Å². The van der Waals surface area contributed by atoms with E-state index in [-0.39, 0.29) is 6.03 Å². The maximum Gasteiger partial charge on any atom is 0.320 e. The number of likely N-dealkylation sites (tertiary alicyclic amines) is 2. The lowest BCUT2D eigenvalue weighted by atomic mass is 10.0. The van der Waals surface area contributed by atoms with E-state index in [2.05, 4.69) is 39.7 Å². The molecule has 2 aliphatic heterocycles. The first-order valence-corrected chi connectivity index (χ1v) is 9.37. The molecule has 2 saturated heterocycles. The number of piperidine rings is 1. The predicted octanol–water partition coefficient (Wildman–Crippen LogP) is 2.15. The summed E-state index contributed by atoms with van der Waals surface area (Å²) in [4.78, 5) is 19.1. The van der Waals surface area contributed by atoms with Gasteiger partial charge < -0.3 is 14.7 Å². The molecule has 1 saturated carbocycles. The minimum Gasteiger partial charge on any atom is -0.324 e. The van der Waals surface area contributed by atoms with Crippen LogP contribution in [0.3, 0.4) is 0 Å². The zero-order valence-electron chi connectivity index (χ0n) is 14.9. The lowest BCUT2D eigenvalue weighted by molar-refractivity contribution is 0.136. The number of hydrogen-bond acceptors (Lipinski definition) is 3. The zero-order chi connectivity index (χ0) is 16.7. The van der Waals surface area contributed by atoms with Gasteiger partial charge in [0, 0.05) is 50.0 Å². The third kappa shape index (κ3) is 3.04. The van der Waals surface area contributed by atoms with E-state index in [4.69, 9.17) is 0 Å². The van der Waals surface area contributed by atoms with Gasteiger partial charge in [-0.2, -0.15) is 5.10 Å². The van der Waals surface area contributed by atoms with Crippen LogP contribution in [0, 0.1) is 0 Å². The van der Waals surface area contributed by atoms with Crippen molar-refractivity contribution in [2.75, 3.05) is 40.3 Å². The summed E-state index contributed by atoms with van der Waals surface area (Å²) in [6.45, 7) is 3.48. The summed E-state index contributed by atoms with van der Waals surface area (Å²) in [6, 6.07) is 3.39. The Bertz CT molecular complexity index is 586. The smallest absolute Gasteiger partial charge is 0.320 e. The summed E-state index contributed by atoms with van der Waals surface area (Å²) in [6.07, 6.45) is 7.70. The van der Waals surface area contributed by atoms with Crippen LogP contribution in [0.25, 0.3) is 0 Å². The molecular formula is C18H29N5O. The molecule has 3 heterocycles. The van der Waals surface area contributed by atoms with Gasteiger partial charge in [0.25, 0.3) is 0 Å². The number of carbonyl (C=O) groups is 1. The van der Waals surface area contributed by atoms with Gasteiger partial charge in [-0.05, 0) is 52.3 Å². The summed E-state index contributed by atoms with van der Waals surface area (Å²) in [5, 5.41) is 4.58. The molecule has 0 aromatic carbocycles. The first-order chi connectivity index (χ1) is 11.6. The highest BCUT2D eigenvalue weighted by Gasteiger charge is 2.34. The Morgan fingerprint density at radius 1 is 1.08 bits per heavy atom. The molecule has 0 bridgehead atoms. The molecular weight excluding hydrogens is 302 g/mol. The lowest BCUT2D eigenvalue weighted by Crippen LogP contribution is -2.47. The number of carbonyl (C=O) groups excluding carboxylic acids is 1. The Morgan fingerprint density at radius 2 is 1.79 bits per heavy atom. The van der Waals surface area contributed by atoms with Gasteiger partial charge in [-0.3, -0.25) is 4.68 Å². The highest BCUT2D eigenvalue weighted by molar-refractivity contribution is 5.75. The zero-order valence-corrected chi connectivity index (χ0v) is 14.9. The van der Waals surface area contributed by atoms with E-state index in [0.717, 1.165) is 51.4 Å². The minimum atomic E-state index is 0.237. The molecule has 4 rings (SSSR count). The second kappa shape index (κ2) is 6.39. The molecule has 6 heteroatoms. The third-order valence-corrected chi connectivity index (χ3v) is 5.94. The third-order valence-electron chi connectivity index (χ3n) is 5.94. The summed E-state index contributed by atoms with van der Waals surface area (Å²) in [5.74, 6) is 0.736. The first-order valence-electron chi connectivity index (χ1n) is 9.37. The summed E-state index contributed by atoms with van der Waals surface area (Å²) < 4.78 is 2.25. The van der Waals surface area contributed by atoms with Crippen molar-refractivity contribution in [3.05, 3.63) is 18.0 Å². The Morgan fingerprint density at radius 3 is 2.42 bits per heavy atom. The van der Waals surface area contributed by atoms with Crippen molar-refractivity contribution in [1.29, 1.82) is 0 Å². The normalized spacial score (nSPS) is 25.7. The molecule has 6 nitrogen and oxygen atoms in total. The summed E-state index contributed by atoms with van der Waals surface area (Å²) in [7, 11) is 4.21. The van der Waals surface area contributed by atoms with E-state index >= 15 is 0 Å². The lowest BCUT2D eigenvalue weighted by Gasteiger charge is -2.35. The second-order valence-corrected chi connectivity index (χ2v) is 7.83. The Hall–Kier alpha value is -1.56. The topological polar surface area (TPSA) is 44.6 Å². The molecule has 1 unspecified atom stereocenters. The minimum absolute atomic E-state index is 0.237. The number of urea groups is 1. The second-order valence-electron chi connectivity index (χ2n) is 7.83. The van der Waals surface area contributed by atoms with Crippen molar-refractivity contribution in [2.24, 2.45) is 0 Å². The summed E-state index contributed by atoms with van der Waals surface area (Å²) >= 11 is 0. The van der Waals surface area contributed by atoms with E-state index in [0.29, 0.717) is 12.1 Å². The highest BCUT2D eigenvalue weighted by Crippen LogP contribution is 2.41. The fraction of sp³-hybridized carbons (Fsp3) is 0.778. The van der Waals surface area contributed by atoms with E-state index in [1.54, 1.807) is 0 Å². The van der Waals surface area contributed by atoms with Crippen LogP contribution in [-0.4, -0.2) is 76.8 Å². The van der Waals surface area contributed by atoms with Crippen molar-refractivity contribution in [2.45, 2.75) is 50.1 Å². The molecule has 1 aliphatic carbocycles. The fourth-order valence-electron chi connectivity index (χ4n) is 4.17. The van der Waals surface area contributed by atoms with Gasteiger partial charge in [0.05, 0.1) is 6.04 Å².